The molecule has 1 aromatic carbocycles. The summed E-state index contributed by atoms with van der Waals surface area (Å²) in [6.07, 6.45) is -0.424. The minimum Gasteiger partial charge on any atom is -0.496 e. The average Bonchev–Trinajstić information content (AvgIpc) is 2.80. The first-order valence-electron chi connectivity index (χ1n) is 5.30. The molecule has 1 unspecified atom stereocenters. The molecule has 0 radical (unpaired) electrons. The summed E-state index contributed by atoms with van der Waals surface area (Å²) in [5, 5.41) is 0. The van der Waals surface area contributed by atoms with Crippen molar-refractivity contribution in [3.05, 3.63) is 29.1 Å². The third-order valence-corrected chi connectivity index (χ3v) is 3.34. The first-order chi connectivity index (χ1) is 7.88. The quantitative estimate of drug-likeness (QED) is 0.887. The van der Waals surface area contributed by atoms with Gasteiger partial charge in [0.25, 0.3) is 5.92 Å². The van der Waals surface area contributed by atoms with Gasteiger partial charge in [-0.05, 0) is 24.6 Å². The molecule has 1 aliphatic rings. The van der Waals surface area contributed by atoms with Gasteiger partial charge in [0.1, 0.15) is 11.6 Å². The lowest BCUT2D eigenvalue weighted by molar-refractivity contribution is 0.0879. The molecule has 0 amide bonds. The molecule has 2 rings (SSSR count). The third kappa shape index (κ3) is 1.60. The molecule has 0 bridgehead atoms. The molecule has 0 aromatic heterocycles. The zero-order chi connectivity index (χ0) is 12.8. The van der Waals surface area contributed by atoms with Gasteiger partial charge in [-0.3, -0.25) is 0 Å². The van der Waals surface area contributed by atoms with E-state index in [0.29, 0.717) is 5.56 Å². The summed E-state index contributed by atoms with van der Waals surface area (Å²) in [5.41, 5.74) is 4.33. The summed E-state index contributed by atoms with van der Waals surface area (Å²) < 4.78 is 45.8. The number of rotatable bonds is 3. The molecule has 2 nitrogen and oxygen atoms in total. The van der Waals surface area contributed by atoms with E-state index in [9.17, 15) is 13.2 Å². The zero-order valence-corrected chi connectivity index (χ0v) is 9.69. The molecular formula is C12H14F3NO. The van der Waals surface area contributed by atoms with Crippen LogP contribution in [0.25, 0.3) is 0 Å². The van der Waals surface area contributed by atoms with E-state index in [1.165, 1.54) is 13.2 Å². The van der Waals surface area contributed by atoms with Gasteiger partial charge in [0.15, 0.2) is 0 Å². The number of nitrogens with two attached hydrogens (primary N) is 1. The third-order valence-electron chi connectivity index (χ3n) is 3.34. The normalized spacial score (nSPS) is 25.8. The fraction of sp³-hybridized carbons (Fsp3) is 0.500. The summed E-state index contributed by atoms with van der Waals surface area (Å²) in [5.74, 6) is -3.49. The Bertz CT molecular complexity index is 461. The summed E-state index contributed by atoms with van der Waals surface area (Å²) in [6.45, 7) is 1.38. The number of benzene rings is 1. The second-order valence-electron chi connectivity index (χ2n) is 4.49. The van der Waals surface area contributed by atoms with Crippen molar-refractivity contribution in [1.29, 1.82) is 0 Å². The number of halogens is 3. The summed E-state index contributed by atoms with van der Waals surface area (Å²) >= 11 is 0. The molecule has 17 heavy (non-hydrogen) atoms. The van der Waals surface area contributed by atoms with Gasteiger partial charge < -0.3 is 10.5 Å². The Kier molecular flexibility index (Phi) is 2.61. The van der Waals surface area contributed by atoms with Crippen molar-refractivity contribution in [2.45, 2.75) is 24.7 Å². The van der Waals surface area contributed by atoms with Crippen molar-refractivity contribution >= 4 is 0 Å². The van der Waals surface area contributed by atoms with E-state index >= 15 is 0 Å². The van der Waals surface area contributed by atoms with Gasteiger partial charge in [-0.1, -0.05) is 0 Å². The van der Waals surface area contributed by atoms with Crippen LogP contribution in [0.4, 0.5) is 13.2 Å². The van der Waals surface area contributed by atoms with E-state index in [2.05, 4.69) is 0 Å². The van der Waals surface area contributed by atoms with Gasteiger partial charge in [0.05, 0.1) is 12.5 Å². The Labute approximate surface area is 97.6 Å². The van der Waals surface area contributed by atoms with Gasteiger partial charge in [0.2, 0.25) is 0 Å². The summed E-state index contributed by atoms with van der Waals surface area (Å²) in [4.78, 5) is 0. The van der Waals surface area contributed by atoms with Gasteiger partial charge in [0, 0.05) is 18.5 Å². The molecule has 94 valence electrons. The maximum atomic E-state index is 13.9. The lowest BCUT2D eigenvalue weighted by Crippen LogP contribution is -2.28. The van der Waals surface area contributed by atoms with Crippen molar-refractivity contribution in [1.82, 2.24) is 0 Å². The highest BCUT2D eigenvalue weighted by atomic mass is 19.3. The number of aryl methyl sites for hydroxylation is 1. The molecule has 1 aromatic rings. The predicted octanol–water partition coefficient (Wildman–Crippen LogP) is 2.38. The summed E-state index contributed by atoms with van der Waals surface area (Å²) in [6, 6.07) is 2.77. The smallest absolute Gasteiger partial charge is 0.260 e. The molecule has 1 aliphatic carbocycles. The number of methoxy groups -OCH3 is 1. The van der Waals surface area contributed by atoms with Crippen LogP contribution in [0.1, 0.15) is 17.5 Å². The largest absolute Gasteiger partial charge is 0.496 e. The monoisotopic (exact) mass is 245 g/mol. The fourth-order valence-corrected chi connectivity index (χ4v) is 2.27. The minimum absolute atomic E-state index is 0.0990. The van der Waals surface area contributed by atoms with Crippen LogP contribution in [0.2, 0.25) is 0 Å². The Morgan fingerprint density at radius 3 is 2.41 bits per heavy atom. The minimum atomic E-state index is -2.95. The Morgan fingerprint density at radius 1 is 1.41 bits per heavy atom. The van der Waals surface area contributed by atoms with Crippen LogP contribution in [0.15, 0.2) is 12.1 Å². The first-order valence-corrected chi connectivity index (χ1v) is 5.30. The molecular weight excluding hydrogens is 231 g/mol. The maximum absolute atomic E-state index is 13.9. The Balaban J connectivity index is 2.60. The highest BCUT2D eigenvalue weighted by Crippen LogP contribution is 2.63. The second-order valence-corrected chi connectivity index (χ2v) is 4.49. The van der Waals surface area contributed by atoms with Crippen LogP contribution in [0, 0.1) is 12.7 Å². The van der Waals surface area contributed by atoms with E-state index in [1.54, 1.807) is 13.0 Å². The lowest BCUT2D eigenvalue weighted by Gasteiger charge is -2.19. The van der Waals surface area contributed by atoms with Gasteiger partial charge in [-0.25, -0.2) is 13.2 Å². The van der Waals surface area contributed by atoms with Crippen LogP contribution in [-0.2, 0) is 5.41 Å². The van der Waals surface area contributed by atoms with Crippen LogP contribution in [-0.4, -0.2) is 19.6 Å². The number of ether oxygens (including phenoxy) is 1. The van der Waals surface area contributed by atoms with E-state index in [1.807, 2.05) is 0 Å². The van der Waals surface area contributed by atoms with Crippen LogP contribution in [0.3, 0.4) is 0 Å². The molecule has 0 spiro atoms. The molecule has 1 atom stereocenters. The molecule has 0 heterocycles. The standard InChI is InChI=1S/C12H14F3NO/c1-7-3-8(13)10(9(4-7)17-2)11(6-16)5-12(11,14)15/h3-4H,5-6,16H2,1-2H3. The van der Waals surface area contributed by atoms with Crippen molar-refractivity contribution in [2.75, 3.05) is 13.7 Å². The van der Waals surface area contributed by atoms with Crippen molar-refractivity contribution in [3.63, 3.8) is 0 Å². The number of hydrogen-bond acceptors (Lipinski definition) is 2. The van der Waals surface area contributed by atoms with E-state index in [0.717, 1.165) is 0 Å². The van der Waals surface area contributed by atoms with E-state index in [-0.39, 0.29) is 17.9 Å². The first kappa shape index (κ1) is 12.2. The molecule has 1 saturated carbocycles. The Morgan fingerprint density at radius 2 is 2.00 bits per heavy atom. The predicted molar refractivity (Wildman–Crippen MR) is 58.0 cm³/mol. The fourth-order valence-electron chi connectivity index (χ4n) is 2.27. The van der Waals surface area contributed by atoms with Crippen LogP contribution < -0.4 is 10.5 Å². The van der Waals surface area contributed by atoms with E-state index in [4.69, 9.17) is 10.5 Å². The molecule has 0 aliphatic heterocycles. The van der Waals surface area contributed by atoms with Crippen LogP contribution in [0.5, 0.6) is 5.75 Å². The lowest BCUT2D eigenvalue weighted by atomic mass is 9.92. The average molecular weight is 245 g/mol. The van der Waals surface area contributed by atoms with Crippen molar-refractivity contribution in [3.8, 4) is 5.75 Å². The molecule has 5 heteroatoms. The second kappa shape index (κ2) is 3.63. The molecule has 0 saturated heterocycles. The van der Waals surface area contributed by atoms with Gasteiger partial charge in [-0.2, -0.15) is 0 Å². The molecule has 1 fully saturated rings. The molecule has 2 N–H and O–H groups in total. The van der Waals surface area contributed by atoms with Gasteiger partial charge >= 0.3 is 0 Å². The highest BCUT2D eigenvalue weighted by Gasteiger charge is 2.72. The highest BCUT2D eigenvalue weighted by molar-refractivity contribution is 5.50. The van der Waals surface area contributed by atoms with Crippen molar-refractivity contribution < 1.29 is 17.9 Å². The van der Waals surface area contributed by atoms with Gasteiger partial charge in [-0.15, -0.1) is 0 Å². The number of hydrogen-bond donors (Lipinski definition) is 1. The van der Waals surface area contributed by atoms with E-state index < -0.39 is 23.6 Å². The maximum Gasteiger partial charge on any atom is 0.260 e. The topological polar surface area (TPSA) is 35.2 Å². The Hall–Kier alpha value is -1.23. The van der Waals surface area contributed by atoms with Crippen LogP contribution >= 0.6 is 0 Å². The number of alkyl halides is 2. The zero-order valence-electron chi connectivity index (χ0n) is 9.69. The SMILES string of the molecule is COc1cc(C)cc(F)c1C1(CN)CC1(F)F. The van der Waals surface area contributed by atoms with Crippen molar-refractivity contribution in [2.24, 2.45) is 5.73 Å². The summed E-state index contributed by atoms with van der Waals surface area (Å²) in [7, 11) is 1.34.